The third-order valence-corrected chi connectivity index (χ3v) is 10.6. The molecule has 2 heterocycles. The number of aryl methyl sites for hydroxylation is 1. The van der Waals surface area contributed by atoms with E-state index >= 15 is 0 Å². The minimum Gasteiger partial charge on any atom is -0.383 e. The molecule has 3 amide bonds. The Morgan fingerprint density at radius 1 is 0.782 bits per heavy atom. The zero-order chi connectivity index (χ0) is 38.6. The molecule has 1 aromatic heterocycles. The number of amides is 3. The molecule has 290 valence electrons. The van der Waals surface area contributed by atoms with E-state index < -0.39 is 0 Å². The number of pyridine rings is 1. The number of fused-ring (bicyclic) bond motifs is 1. The van der Waals surface area contributed by atoms with Gasteiger partial charge >= 0.3 is 0 Å². The Morgan fingerprint density at radius 3 is 2.31 bits per heavy atom. The van der Waals surface area contributed by atoms with Crippen LogP contribution >= 0.6 is 0 Å². The maximum absolute atomic E-state index is 13.9. The van der Waals surface area contributed by atoms with E-state index in [1.54, 1.807) is 68.8 Å². The molecule has 11 nitrogen and oxygen atoms in total. The second-order valence-electron chi connectivity index (χ2n) is 14.4. The molecular formula is C44H54N6O5. The van der Waals surface area contributed by atoms with Crippen molar-refractivity contribution in [3.05, 3.63) is 113 Å². The minimum atomic E-state index is -0.348. The molecule has 0 radical (unpaired) electrons. The summed E-state index contributed by atoms with van der Waals surface area (Å²) in [5.41, 5.74) is 6.66. The Kier molecular flexibility index (Phi) is 14.0. The number of likely N-dealkylation sites (N-methyl/N-ethyl adjacent to an activating group) is 1. The molecule has 1 aliphatic heterocycles. The van der Waals surface area contributed by atoms with Gasteiger partial charge in [0.15, 0.2) is 0 Å². The molecule has 11 heteroatoms. The van der Waals surface area contributed by atoms with Crippen LogP contribution in [0.1, 0.15) is 80.3 Å². The molecule has 0 saturated carbocycles. The number of carbonyl (C=O) groups is 3. The Labute approximate surface area is 325 Å². The molecule has 3 aromatic carbocycles. The molecule has 0 spiro atoms. The number of rotatable bonds is 16. The van der Waals surface area contributed by atoms with Gasteiger partial charge in [-0.3, -0.25) is 24.3 Å². The second kappa shape index (κ2) is 19.5. The summed E-state index contributed by atoms with van der Waals surface area (Å²) >= 11 is 0. The van der Waals surface area contributed by atoms with Crippen molar-refractivity contribution in [2.75, 3.05) is 84.0 Å². The summed E-state index contributed by atoms with van der Waals surface area (Å²) in [7, 11) is 5.11. The average Bonchev–Trinajstić information content (AvgIpc) is 3.23. The van der Waals surface area contributed by atoms with E-state index in [-0.39, 0.29) is 23.8 Å². The standard InChI is InChI=1S/C44H54N6O5/c1-48(23-24-49(25-27-54-2)26-28-55-3)44(53)35-14-9-13-33(29-35)42(51)47-40-18-17-36(50-21-7-4-8-22-50)31-38(40)41-30-34(19-20-45-41)43(52)46-39-16-10-12-32-11-5-6-15-37(32)39/h5-6,9,11,13-15,17-20,29-31,39H,4,7-8,10,12,16,21-28H2,1-3H3,(H,46,52)(H,47,51). The first kappa shape index (κ1) is 39.6. The van der Waals surface area contributed by atoms with E-state index in [9.17, 15) is 14.4 Å². The number of nitrogens with one attached hydrogen (secondary N) is 2. The quantitative estimate of drug-likeness (QED) is 0.134. The number of hydrogen-bond donors (Lipinski definition) is 2. The number of benzene rings is 3. The van der Waals surface area contributed by atoms with Crippen molar-refractivity contribution in [2.24, 2.45) is 0 Å². The topological polar surface area (TPSA) is 116 Å². The van der Waals surface area contributed by atoms with Gasteiger partial charge in [0.25, 0.3) is 17.7 Å². The first-order valence-corrected chi connectivity index (χ1v) is 19.5. The predicted molar refractivity (Wildman–Crippen MR) is 217 cm³/mol. The molecule has 4 aromatic rings. The highest BCUT2D eigenvalue weighted by molar-refractivity contribution is 6.08. The number of ether oxygens (including phenoxy) is 2. The Balaban J connectivity index is 1.20. The summed E-state index contributed by atoms with van der Waals surface area (Å²) in [6.45, 7) is 5.74. The van der Waals surface area contributed by atoms with E-state index in [0.717, 1.165) is 64.0 Å². The van der Waals surface area contributed by atoms with Crippen molar-refractivity contribution in [1.29, 1.82) is 0 Å². The largest absolute Gasteiger partial charge is 0.383 e. The molecular weight excluding hydrogens is 693 g/mol. The molecule has 1 saturated heterocycles. The summed E-state index contributed by atoms with van der Waals surface area (Å²) in [6, 6.07) is 24.6. The molecule has 55 heavy (non-hydrogen) atoms. The highest BCUT2D eigenvalue weighted by Gasteiger charge is 2.23. The third-order valence-electron chi connectivity index (χ3n) is 10.6. The molecule has 2 aliphatic rings. The van der Waals surface area contributed by atoms with Crippen LogP contribution in [-0.2, 0) is 15.9 Å². The van der Waals surface area contributed by atoms with Gasteiger partial charge in [0.05, 0.1) is 30.6 Å². The molecule has 1 fully saturated rings. The van der Waals surface area contributed by atoms with Gasteiger partial charge in [-0.2, -0.15) is 0 Å². The summed E-state index contributed by atoms with van der Waals surface area (Å²) < 4.78 is 10.5. The van der Waals surface area contributed by atoms with Crippen LogP contribution in [-0.4, -0.2) is 106 Å². The van der Waals surface area contributed by atoms with E-state index in [4.69, 9.17) is 14.5 Å². The predicted octanol–water partition coefficient (Wildman–Crippen LogP) is 6.47. The molecule has 0 bridgehead atoms. The van der Waals surface area contributed by atoms with Gasteiger partial charge in [-0.15, -0.1) is 0 Å². The SMILES string of the molecule is COCCN(CCOC)CCN(C)C(=O)c1cccc(C(=O)Nc2ccc(N3CCCCC3)cc2-c2cc(C(=O)NC3CCCc4ccccc43)ccn2)c1. The monoisotopic (exact) mass is 746 g/mol. The molecule has 1 atom stereocenters. The first-order chi connectivity index (χ1) is 26.8. The van der Waals surface area contributed by atoms with Gasteiger partial charge in [0, 0.05) is 94.7 Å². The summed E-state index contributed by atoms with van der Waals surface area (Å²) in [5, 5.41) is 6.37. The lowest BCUT2D eigenvalue weighted by atomic mass is 9.87. The fraction of sp³-hybridized carbons (Fsp3) is 0.409. The highest BCUT2D eigenvalue weighted by Crippen LogP contribution is 2.34. The van der Waals surface area contributed by atoms with Crippen LogP contribution in [0.3, 0.4) is 0 Å². The van der Waals surface area contributed by atoms with Crippen LogP contribution in [0, 0.1) is 0 Å². The Morgan fingerprint density at radius 2 is 1.53 bits per heavy atom. The van der Waals surface area contributed by atoms with Crippen LogP contribution in [0.5, 0.6) is 0 Å². The smallest absolute Gasteiger partial charge is 0.255 e. The molecule has 2 N–H and O–H groups in total. The van der Waals surface area contributed by atoms with E-state index in [0.29, 0.717) is 59.9 Å². The molecule has 1 unspecified atom stereocenters. The van der Waals surface area contributed by atoms with Crippen LogP contribution in [0.4, 0.5) is 11.4 Å². The van der Waals surface area contributed by atoms with Crippen LogP contribution in [0.15, 0.2) is 85.1 Å². The minimum absolute atomic E-state index is 0.0507. The van der Waals surface area contributed by atoms with Gasteiger partial charge in [0.2, 0.25) is 0 Å². The van der Waals surface area contributed by atoms with Crippen LogP contribution in [0.2, 0.25) is 0 Å². The number of piperidine rings is 1. The second-order valence-corrected chi connectivity index (χ2v) is 14.4. The first-order valence-electron chi connectivity index (χ1n) is 19.5. The highest BCUT2D eigenvalue weighted by atomic mass is 16.5. The summed E-state index contributed by atoms with van der Waals surface area (Å²) in [5.74, 6) is -0.678. The summed E-state index contributed by atoms with van der Waals surface area (Å²) in [4.78, 5) is 52.0. The Bertz CT molecular complexity index is 1920. The van der Waals surface area contributed by atoms with Crippen molar-refractivity contribution >= 4 is 29.1 Å². The Hall–Kier alpha value is -5.10. The zero-order valence-electron chi connectivity index (χ0n) is 32.4. The zero-order valence-corrected chi connectivity index (χ0v) is 32.4. The van der Waals surface area contributed by atoms with Crippen LogP contribution in [0.25, 0.3) is 11.3 Å². The fourth-order valence-corrected chi connectivity index (χ4v) is 7.44. The normalized spacial score (nSPS) is 15.3. The van der Waals surface area contributed by atoms with Crippen molar-refractivity contribution in [1.82, 2.24) is 20.1 Å². The van der Waals surface area contributed by atoms with Gasteiger partial charge in [-0.25, -0.2) is 0 Å². The van der Waals surface area contributed by atoms with Crippen molar-refractivity contribution in [2.45, 2.75) is 44.6 Å². The molecule has 1 aliphatic carbocycles. The van der Waals surface area contributed by atoms with Crippen molar-refractivity contribution in [3.63, 3.8) is 0 Å². The van der Waals surface area contributed by atoms with Crippen molar-refractivity contribution in [3.8, 4) is 11.3 Å². The van der Waals surface area contributed by atoms with Crippen molar-refractivity contribution < 1.29 is 23.9 Å². The number of carbonyl (C=O) groups excluding carboxylic acids is 3. The number of anilines is 2. The maximum Gasteiger partial charge on any atom is 0.255 e. The summed E-state index contributed by atoms with van der Waals surface area (Å²) in [6.07, 6.45) is 8.03. The van der Waals surface area contributed by atoms with Gasteiger partial charge in [-0.1, -0.05) is 30.3 Å². The molecule has 6 rings (SSSR count). The number of hydrogen-bond acceptors (Lipinski definition) is 8. The maximum atomic E-state index is 13.9. The van der Waals surface area contributed by atoms with Gasteiger partial charge in [0.1, 0.15) is 0 Å². The number of aromatic nitrogens is 1. The van der Waals surface area contributed by atoms with E-state index in [2.05, 4.69) is 38.6 Å². The number of methoxy groups -OCH3 is 2. The lowest BCUT2D eigenvalue weighted by Crippen LogP contribution is -2.39. The third kappa shape index (κ3) is 10.4. The lowest BCUT2D eigenvalue weighted by molar-refractivity contribution is 0.0747. The number of nitrogens with zero attached hydrogens (tertiary/aromatic N) is 4. The fourth-order valence-electron chi connectivity index (χ4n) is 7.44. The van der Waals surface area contributed by atoms with E-state index in [1.807, 2.05) is 24.3 Å². The van der Waals surface area contributed by atoms with Gasteiger partial charge < -0.3 is 29.9 Å². The van der Waals surface area contributed by atoms with Crippen LogP contribution < -0.4 is 15.5 Å². The average molecular weight is 747 g/mol. The lowest BCUT2D eigenvalue weighted by Gasteiger charge is -2.29. The van der Waals surface area contributed by atoms with E-state index in [1.165, 1.54) is 17.5 Å². The van der Waals surface area contributed by atoms with Gasteiger partial charge in [-0.05, 0) is 98.2 Å².